The fourth-order valence-electron chi connectivity index (χ4n) is 0. The summed E-state index contributed by atoms with van der Waals surface area (Å²) < 4.78 is 54.8. The Morgan fingerprint density at radius 3 is 0.900 bits per heavy atom. The monoisotopic (exact) mass is 288 g/mol. The third-order valence-corrected chi connectivity index (χ3v) is 1.89. The summed E-state index contributed by atoms with van der Waals surface area (Å²) in [5.74, 6) is 0. The topological polar surface area (TPSA) is 0 Å². The maximum absolute atomic E-state index is 6.96. The summed E-state index contributed by atoms with van der Waals surface area (Å²) in [5.41, 5.74) is 3.10. The molecule has 0 aliphatic carbocycles. The molecule has 0 N–H and O–H groups in total. The lowest BCUT2D eigenvalue weighted by Crippen LogP contribution is -1.52. The summed E-state index contributed by atoms with van der Waals surface area (Å²) in [6.45, 7) is 14.2. The van der Waals surface area contributed by atoms with Crippen molar-refractivity contribution in [1.82, 2.24) is 0 Å². The molecule has 0 nitrogen and oxygen atoms in total. The molecule has 120 valence electrons. The molecule has 0 aliphatic heterocycles. The van der Waals surface area contributed by atoms with Crippen molar-refractivity contribution in [2.24, 2.45) is 0 Å². The molecule has 0 rings (SSSR count). The van der Waals surface area contributed by atoms with Crippen molar-refractivity contribution >= 4 is 0 Å². The molecular weight excluding hydrogens is 240 g/mol. The minimum absolute atomic E-state index is 0.134. The van der Waals surface area contributed by atoms with E-state index >= 15 is 0 Å². The SMILES string of the molecule is CC=C(C)C.[2H]/C(C)=C(\C)C([2H])([2H])[2H].[2H]C(C)=C(C)C.[2H]C([2H])([2H])/C(C)=C\C. The van der Waals surface area contributed by atoms with E-state index in [9.17, 15) is 0 Å². The molecule has 0 heterocycles. The maximum Gasteiger partial charge on any atom is 0.0572 e. The van der Waals surface area contributed by atoms with E-state index in [1.54, 1.807) is 26.8 Å². The first-order valence-corrected chi connectivity index (χ1v) is 6.73. The van der Waals surface area contributed by atoms with Crippen molar-refractivity contribution in [3.8, 4) is 0 Å². The van der Waals surface area contributed by atoms with Crippen LogP contribution >= 0.6 is 0 Å². The van der Waals surface area contributed by atoms with E-state index in [-0.39, 0.29) is 11.6 Å². The number of rotatable bonds is 0. The van der Waals surface area contributed by atoms with Crippen LogP contribution in [0.3, 0.4) is 0 Å². The van der Waals surface area contributed by atoms with Crippen LogP contribution in [0.5, 0.6) is 0 Å². The van der Waals surface area contributed by atoms with Crippen LogP contribution in [0, 0.1) is 0 Å². The Hall–Kier alpha value is -1.04. The largest absolute Gasteiger partial charge is 0.0890 e. The van der Waals surface area contributed by atoms with Gasteiger partial charge in [-0.15, -0.1) is 0 Å². The summed E-state index contributed by atoms with van der Waals surface area (Å²) in [5, 5.41) is 0. The Morgan fingerprint density at radius 1 is 0.600 bits per heavy atom. The van der Waals surface area contributed by atoms with Crippen LogP contribution in [0.15, 0.2) is 46.5 Å². The predicted molar refractivity (Wildman–Crippen MR) is 100 cm³/mol. The first-order chi connectivity index (χ1) is 12.2. The average molecular weight is 289 g/mol. The fourth-order valence-corrected chi connectivity index (χ4v) is 0. The first-order valence-electron chi connectivity index (χ1n) is 10.7. The van der Waals surface area contributed by atoms with Gasteiger partial charge in [0.05, 0.1) is 2.74 Å². The van der Waals surface area contributed by atoms with E-state index in [4.69, 9.17) is 11.0 Å². The van der Waals surface area contributed by atoms with Gasteiger partial charge < -0.3 is 0 Å². The van der Waals surface area contributed by atoms with Crippen LogP contribution in [0.25, 0.3) is 0 Å². The summed E-state index contributed by atoms with van der Waals surface area (Å²) in [6.07, 6.45) is 3.69. The molecule has 0 spiro atoms. The van der Waals surface area contributed by atoms with E-state index in [0.29, 0.717) is 11.6 Å². The molecule has 0 aromatic heterocycles. The number of hydrogen-bond donors (Lipinski definition) is 0. The van der Waals surface area contributed by atoms with Gasteiger partial charge in [-0.1, -0.05) is 46.5 Å². The number of allylic oxidation sites excluding steroid dienone is 8. The van der Waals surface area contributed by atoms with Crippen LogP contribution in [-0.2, 0) is 0 Å². The first kappa shape index (κ1) is 11.6. The Kier molecular flexibility index (Phi) is 13.4. The molecule has 0 amide bonds. The minimum Gasteiger partial charge on any atom is -0.0890 e. The normalized spacial score (nSPS) is 17.2. The lowest BCUT2D eigenvalue weighted by molar-refractivity contribution is 1.36. The molecule has 0 radical (unpaired) electrons. The van der Waals surface area contributed by atoms with Crippen LogP contribution in [0.2, 0.25) is 0 Å². The summed E-state index contributed by atoms with van der Waals surface area (Å²) in [6, 6.07) is 0.810. The second-order valence-electron chi connectivity index (χ2n) is 4.46. The molecule has 0 saturated carbocycles. The summed E-state index contributed by atoms with van der Waals surface area (Å²) >= 11 is 0. The van der Waals surface area contributed by atoms with Gasteiger partial charge in [0.25, 0.3) is 0 Å². The highest BCUT2D eigenvalue weighted by Gasteiger charge is 1.61. The number of hydrogen-bond acceptors (Lipinski definition) is 0. The molecule has 20 heavy (non-hydrogen) atoms. The average Bonchev–Trinajstić information content (AvgIpc) is 2.52. The highest BCUT2D eigenvalue weighted by molar-refractivity contribution is 4.90. The van der Waals surface area contributed by atoms with Gasteiger partial charge >= 0.3 is 0 Å². The van der Waals surface area contributed by atoms with E-state index < -0.39 is 13.7 Å². The minimum atomic E-state index is -2.08. The molecule has 0 atom stereocenters. The summed E-state index contributed by atoms with van der Waals surface area (Å²) in [7, 11) is 0. The van der Waals surface area contributed by atoms with Crippen LogP contribution in [-0.4, -0.2) is 0 Å². The molecule has 0 saturated heterocycles. The Morgan fingerprint density at radius 2 is 0.900 bits per heavy atom. The fraction of sp³-hybridized carbons (Fsp3) is 0.600. The van der Waals surface area contributed by atoms with E-state index in [1.807, 2.05) is 20.8 Å². The lowest BCUT2D eigenvalue weighted by Gasteiger charge is -1.74. The van der Waals surface area contributed by atoms with Crippen LogP contribution in [0.4, 0.5) is 0 Å². The molecule has 0 bridgehead atoms. The van der Waals surface area contributed by atoms with Crippen molar-refractivity contribution in [1.29, 1.82) is 0 Å². The van der Waals surface area contributed by atoms with E-state index in [1.165, 1.54) is 19.4 Å². The van der Waals surface area contributed by atoms with Crippen molar-refractivity contribution < 1.29 is 11.0 Å². The van der Waals surface area contributed by atoms with Gasteiger partial charge in [-0.3, -0.25) is 0 Å². The second kappa shape index (κ2) is 23.1. The molecule has 0 aliphatic rings. The van der Waals surface area contributed by atoms with Gasteiger partial charge in [-0.25, -0.2) is 0 Å². The second-order valence-corrected chi connectivity index (χ2v) is 4.46. The molecule has 0 aromatic carbocycles. The van der Waals surface area contributed by atoms with Gasteiger partial charge in [0.2, 0.25) is 0 Å². The third-order valence-electron chi connectivity index (χ3n) is 1.89. The van der Waals surface area contributed by atoms with Gasteiger partial charge in [0.1, 0.15) is 0 Å². The van der Waals surface area contributed by atoms with Crippen molar-refractivity contribution in [2.45, 2.75) is 82.9 Å². The van der Waals surface area contributed by atoms with Gasteiger partial charge in [-0.05, 0) is 82.9 Å². The molecule has 0 unspecified atom stereocenters. The standard InChI is InChI=1S/4C5H10/c4*1-4-5(2)3/h4*4H,1-3H3/i2D3,4D;4D;2D3;/b5-4+;;5-4+;. The van der Waals surface area contributed by atoms with E-state index in [2.05, 4.69) is 19.9 Å². The van der Waals surface area contributed by atoms with Gasteiger partial charge in [-0.2, -0.15) is 0 Å². The highest BCUT2D eigenvalue weighted by atomic mass is 13.7. The third kappa shape index (κ3) is 89.2. The van der Waals surface area contributed by atoms with Crippen LogP contribution < -0.4 is 0 Å². The molecule has 0 aromatic rings. The Labute approximate surface area is 141 Å². The molecule has 0 heteroatoms. The van der Waals surface area contributed by atoms with Crippen molar-refractivity contribution in [3.05, 3.63) is 46.5 Å². The van der Waals surface area contributed by atoms with E-state index in [0.717, 1.165) is 5.57 Å². The highest BCUT2D eigenvalue weighted by Crippen LogP contribution is 1.83. The van der Waals surface area contributed by atoms with Gasteiger partial charge in [0, 0.05) is 8.22 Å². The summed E-state index contributed by atoms with van der Waals surface area (Å²) in [4.78, 5) is 0. The predicted octanol–water partition coefficient (Wildman–Crippen LogP) is 7.89. The Balaban J connectivity index is -0.000000141. The van der Waals surface area contributed by atoms with Crippen molar-refractivity contribution in [3.63, 3.8) is 0 Å². The molecule has 0 fully saturated rings. The lowest BCUT2D eigenvalue weighted by atomic mass is 10.3. The van der Waals surface area contributed by atoms with Crippen LogP contribution in [0.1, 0.15) is 93.9 Å². The maximum atomic E-state index is 6.96. The Bertz CT molecular complexity index is 516. The quantitative estimate of drug-likeness (QED) is 0.397. The van der Waals surface area contributed by atoms with Gasteiger partial charge in [0.15, 0.2) is 0 Å². The zero-order valence-corrected chi connectivity index (χ0v) is 15.2. The zero-order valence-electron chi connectivity index (χ0n) is 23.2. The zero-order chi connectivity index (χ0) is 23.9. The smallest absolute Gasteiger partial charge is 0.0572 e. The van der Waals surface area contributed by atoms with Crippen molar-refractivity contribution in [2.75, 3.05) is 0 Å². The molecular formula is C20H40.